The number of hydrogen-bond acceptors (Lipinski definition) is 1. The second-order valence-corrected chi connectivity index (χ2v) is 2.60. The second-order valence-electron chi connectivity index (χ2n) is 1.95. The molecule has 0 bridgehead atoms. The van der Waals surface area contributed by atoms with E-state index in [1.54, 1.807) is 0 Å². The Morgan fingerprint density at radius 2 is 2.57 bits per heavy atom. The van der Waals surface area contributed by atoms with Gasteiger partial charge in [-0.15, -0.1) is 0 Å². The summed E-state index contributed by atoms with van der Waals surface area (Å²) >= 11 is 3.41. The zero-order chi connectivity index (χ0) is 5.11. The average molecular weight is 164 g/mol. The van der Waals surface area contributed by atoms with Crippen LogP contribution in [0.4, 0.5) is 0 Å². The number of hydrogen-bond donors (Lipinski definition) is 1. The number of rotatable bonds is 1. The molecule has 1 nitrogen and oxygen atoms in total. The summed E-state index contributed by atoms with van der Waals surface area (Å²) in [5.74, 6) is 0. The molecule has 7 heavy (non-hydrogen) atoms. The molecule has 0 spiro atoms. The van der Waals surface area contributed by atoms with Crippen LogP contribution in [-0.4, -0.2) is 17.9 Å². The SMILES string of the molecule is BrCC1CCCN1. The summed E-state index contributed by atoms with van der Waals surface area (Å²) in [6, 6.07) is 0.764. The molecule has 1 rings (SSSR count). The van der Waals surface area contributed by atoms with Crippen LogP contribution in [0.15, 0.2) is 0 Å². The Morgan fingerprint density at radius 3 is 2.86 bits per heavy atom. The van der Waals surface area contributed by atoms with E-state index in [0.717, 1.165) is 11.4 Å². The van der Waals surface area contributed by atoms with E-state index < -0.39 is 0 Å². The van der Waals surface area contributed by atoms with Crippen molar-refractivity contribution >= 4 is 15.9 Å². The first-order valence-electron chi connectivity index (χ1n) is 2.73. The largest absolute Gasteiger partial charge is 0.313 e. The van der Waals surface area contributed by atoms with Gasteiger partial charge < -0.3 is 5.32 Å². The molecule has 0 radical (unpaired) electrons. The van der Waals surface area contributed by atoms with Crippen molar-refractivity contribution < 1.29 is 0 Å². The zero-order valence-corrected chi connectivity index (χ0v) is 5.87. The van der Waals surface area contributed by atoms with Gasteiger partial charge in [0.05, 0.1) is 0 Å². The standard InChI is InChI=1S/C5H10BrN/c6-4-5-2-1-3-7-5/h5,7H,1-4H2. The van der Waals surface area contributed by atoms with Gasteiger partial charge >= 0.3 is 0 Å². The Balaban J connectivity index is 2.14. The molecule has 1 aliphatic heterocycles. The Bertz CT molecular complexity index is 50.0. The van der Waals surface area contributed by atoms with Crippen molar-refractivity contribution in [3.05, 3.63) is 0 Å². The quantitative estimate of drug-likeness (QED) is 0.573. The normalized spacial score (nSPS) is 31.3. The minimum absolute atomic E-state index is 0.764. The van der Waals surface area contributed by atoms with E-state index in [4.69, 9.17) is 0 Å². The molecule has 1 N–H and O–H groups in total. The second kappa shape index (κ2) is 2.68. The summed E-state index contributed by atoms with van der Waals surface area (Å²) in [7, 11) is 0. The van der Waals surface area contributed by atoms with Crippen molar-refractivity contribution in [3.8, 4) is 0 Å². The van der Waals surface area contributed by atoms with E-state index in [1.807, 2.05) is 0 Å². The van der Waals surface area contributed by atoms with E-state index in [-0.39, 0.29) is 0 Å². The van der Waals surface area contributed by atoms with Gasteiger partial charge in [-0.2, -0.15) is 0 Å². The molecule has 0 saturated carbocycles. The lowest BCUT2D eigenvalue weighted by molar-refractivity contribution is 0.678. The molecule has 0 aromatic carbocycles. The molecule has 1 saturated heterocycles. The van der Waals surface area contributed by atoms with Crippen LogP contribution in [0.2, 0.25) is 0 Å². The van der Waals surface area contributed by atoms with E-state index >= 15 is 0 Å². The van der Waals surface area contributed by atoms with Crippen LogP contribution in [0.1, 0.15) is 12.8 Å². The highest BCUT2D eigenvalue weighted by atomic mass is 79.9. The van der Waals surface area contributed by atoms with E-state index in [2.05, 4.69) is 21.2 Å². The third kappa shape index (κ3) is 1.42. The minimum atomic E-state index is 0.764. The fraction of sp³-hybridized carbons (Fsp3) is 1.00. The van der Waals surface area contributed by atoms with E-state index in [9.17, 15) is 0 Å². The van der Waals surface area contributed by atoms with Crippen LogP contribution < -0.4 is 5.32 Å². The van der Waals surface area contributed by atoms with Crippen LogP contribution in [0.3, 0.4) is 0 Å². The van der Waals surface area contributed by atoms with Crippen LogP contribution >= 0.6 is 15.9 Å². The van der Waals surface area contributed by atoms with E-state index in [0.29, 0.717) is 0 Å². The molecule has 1 atom stereocenters. The maximum atomic E-state index is 3.41. The fourth-order valence-electron chi connectivity index (χ4n) is 0.888. The van der Waals surface area contributed by atoms with Gasteiger partial charge in [0.1, 0.15) is 0 Å². The summed E-state index contributed by atoms with van der Waals surface area (Å²) in [6.45, 7) is 1.22. The van der Waals surface area contributed by atoms with Crippen LogP contribution in [-0.2, 0) is 0 Å². The summed E-state index contributed by atoms with van der Waals surface area (Å²) in [5.41, 5.74) is 0. The molecule has 0 aliphatic carbocycles. The van der Waals surface area contributed by atoms with Gasteiger partial charge in [0.2, 0.25) is 0 Å². The molecule has 1 fully saturated rings. The first-order valence-corrected chi connectivity index (χ1v) is 3.85. The van der Waals surface area contributed by atoms with Crippen LogP contribution in [0.25, 0.3) is 0 Å². The molecule has 2 heteroatoms. The molecular formula is C5H10BrN. The third-order valence-electron chi connectivity index (χ3n) is 1.35. The lowest BCUT2D eigenvalue weighted by atomic mass is 10.3. The maximum absolute atomic E-state index is 3.41. The molecular weight excluding hydrogens is 154 g/mol. The lowest BCUT2D eigenvalue weighted by Crippen LogP contribution is -2.22. The van der Waals surface area contributed by atoms with Gasteiger partial charge in [-0.1, -0.05) is 15.9 Å². The summed E-state index contributed by atoms with van der Waals surface area (Å²) in [5, 5.41) is 4.48. The van der Waals surface area contributed by atoms with Crippen molar-refractivity contribution in [2.45, 2.75) is 18.9 Å². The number of halogens is 1. The molecule has 1 aliphatic rings. The summed E-state index contributed by atoms with van der Waals surface area (Å²) in [6.07, 6.45) is 2.71. The van der Waals surface area contributed by atoms with Crippen molar-refractivity contribution in [1.29, 1.82) is 0 Å². The Hall–Kier alpha value is 0.440. The molecule has 42 valence electrons. The van der Waals surface area contributed by atoms with Gasteiger partial charge in [-0.3, -0.25) is 0 Å². The maximum Gasteiger partial charge on any atom is 0.0186 e. The van der Waals surface area contributed by atoms with Crippen molar-refractivity contribution in [1.82, 2.24) is 5.32 Å². The molecule has 0 aromatic heterocycles. The van der Waals surface area contributed by atoms with E-state index in [1.165, 1.54) is 19.4 Å². The Labute approximate surface area is 52.6 Å². The fourth-order valence-corrected chi connectivity index (χ4v) is 1.44. The smallest absolute Gasteiger partial charge is 0.0186 e. The highest BCUT2D eigenvalue weighted by Gasteiger charge is 2.10. The first-order chi connectivity index (χ1) is 3.43. The van der Waals surface area contributed by atoms with Gasteiger partial charge in [-0.05, 0) is 19.4 Å². The summed E-state index contributed by atoms with van der Waals surface area (Å²) < 4.78 is 0. The summed E-state index contributed by atoms with van der Waals surface area (Å²) in [4.78, 5) is 0. The van der Waals surface area contributed by atoms with Crippen molar-refractivity contribution in [2.75, 3.05) is 11.9 Å². The molecule has 0 amide bonds. The van der Waals surface area contributed by atoms with Gasteiger partial charge in [0, 0.05) is 11.4 Å². The minimum Gasteiger partial charge on any atom is -0.313 e. The predicted molar refractivity (Wildman–Crippen MR) is 34.8 cm³/mol. The molecule has 1 unspecified atom stereocenters. The van der Waals surface area contributed by atoms with Crippen LogP contribution in [0, 0.1) is 0 Å². The highest BCUT2D eigenvalue weighted by molar-refractivity contribution is 9.09. The third-order valence-corrected chi connectivity index (χ3v) is 2.13. The van der Waals surface area contributed by atoms with Crippen molar-refractivity contribution in [3.63, 3.8) is 0 Å². The molecule has 1 heterocycles. The van der Waals surface area contributed by atoms with Gasteiger partial charge in [0.15, 0.2) is 0 Å². The predicted octanol–water partition coefficient (Wildman–Crippen LogP) is 1.13. The average Bonchev–Trinajstić information content (AvgIpc) is 2.14. The lowest BCUT2D eigenvalue weighted by Gasteiger charge is -2.00. The Kier molecular flexibility index (Phi) is 2.13. The molecule has 0 aromatic rings. The monoisotopic (exact) mass is 163 g/mol. The van der Waals surface area contributed by atoms with Gasteiger partial charge in [0.25, 0.3) is 0 Å². The zero-order valence-electron chi connectivity index (χ0n) is 4.28. The number of alkyl halides is 1. The Morgan fingerprint density at radius 1 is 1.71 bits per heavy atom. The highest BCUT2D eigenvalue weighted by Crippen LogP contribution is 2.06. The van der Waals surface area contributed by atoms with Crippen molar-refractivity contribution in [2.24, 2.45) is 0 Å². The first kappa shape index (κ1) is 5.57. The number of nitrogens with one attached hydrogen (secondary N) is 1. The topological polar surface area (TPSA) is 12.0 Å². The van der Waals surface area contributed by atoms with Gasteiger partial charge in [-0.25, -0.2) is 0 Å². The van der Waals surface area contributed by atoms with Crippen LogP contribution in [0.5, 0.6) is 0 Å².